The predicted octanol–water partition coefficient (Wildman–Crippen LogP) is 3.44. The number of methoxy groups -OCH3 is 1. The summed E-state index contributed by atoms with van der Waals surface area (Å²) in [5.74, 6) is 2.61. The summed E-state index contributed by atoms with van der Waals surface area (Å²) in [6, 6.07) is 8.15. The van der Waals surface area contributed by atoms with Crippen LogP contribution in [0.3, 0.4) is 0 Å². The molecule has 6 heteroatoms. The summed E-state index contributed by atoms with van der Waals surface area (Å²) < 4.78 is 5.45. The molecule has 1 heterocycles. The van der Waals surface area contributed by atoms with Gasteiger partial charge in [0.1, 0.15) is 5.75 Å². The fourth-order valence-corrected chi connectivity index (χ4v) is 3.51. The number of nitrogens with one attached hydrogen (secondary N) is 1. The first-order chi connectivity index (χ1) is 12.2. The maximum absolute atomic E-state index is 5.45. The Morgan fingerprint density at radius 1 is 1.31 bits per heavy atom. The van der Waals surface area contributed by atoms with Crippen molar-refractivity contribution in [2.24, 2.45) is 10.9 Å². The predicted molar refractivity (Wildman–Crippen MR) is 121 cm³/mol. The van der Waals surface area contributed by atoms with Gasteiger partial charge in [0.15, 0.2) is 5.96 Å². The van der Waals surface area contributed by atoms with Gasteiger partial charge in [-0.25, -0.2) is 0 Å². The van der Waals surface area contributed by atoms with E-state index in [1.165, 1.54) is 44.5 Å². The number of piperidine rings is 1. The van der Waals surface area contributed by atoms with Crippen LogP contribution >= 0.6 is 24.0 Å². The molecule has 0 radical (unpaired) electrons. The molecular formula is C20H35IN4O. The monoisotopic (exact) mass is 474 g/mol. The second kappa shape index (κ2) is 12.4. The van der Waals surface area contributed by atoms with Gasteiger partial charge in [0, 0.05) is 32.7 Å². The van der Waals surface area contributed by atoms with Crippen molar-refractivity contribution in [3.8, 4) is 5.75 Å². The van der Waals surface area contributed by atoms with Crippen molar-refractivity contribution in [2.45, 2.75) is 32.7 Å². The van der Waals surface area contributed by atoms with Crippen molar-refractivity contribution in [3.05, 3.63) is 29.8 Å². The van der Waals surface area contributed by atoms with Crippen LogP contribution in [0.1, 0.15) is 31.7 Å². The summed E-state index contributed by atoms with van der Waals surface area (Å²) in [5, 5.41) is 3.56. The van der Waals surface area contributed by atoms with E-state index in [1.807, 2.05) is 25.2 Å². The van der Waals surface area contributed by atoms with Crippen molar-refractivity contribution in [3.63, 3.8) is 0 Å². The first-order valence-electron chi connectivity index (χ1n) is 9.44. The summed E-state index contributed by atoms with van der Waals surface area (Å²) in [6.45, 7) is 7.74. The highest BCUT2D eigenvalue weighted by molar-refractivity contribution is 14.0. The number of hydrogen-bond acceptors (Lipinski definition) is 3. The molecule has 1 saturated heterocycles. The smallest absolute Gasteiger partial charge is 0.193 e. The zero-order valence-electron chi connectivity index (χ0n) is 16.7. The molecule has 0 unspecified atom stereocenters. The Labute approximate surface area is 176 Å². The molecule has 1 N–H and O–H groups in total. The van der Waals surface area contributed by atoms with Crippen LogP contribution in [0.25, 0.3) is 0 Å². The normalized spacial score (nSPS) is 16.1. The molecule has 5 nitrogen and oxygen atoms in total. The van der Waals surface area contributed by atoms with Crippen LogP contribution in [0.5, 0.6) is 5.75 Å². The molecule has 0 spiro atoms. The highest BCUT2D eigenvalue weighted by atomic mass is 127. The lowest BCUT2D eigenvalue weighted by atomic mass is 9.97. The average molecular weight is 474 g/mol. The molecule has 1 aliphatic heterocycles. The first-order valence-corrected chi connectivity index (χ1v) is 9.44. The summed E-state index contributed by atoms with van der Waals surface area (Å²) in [7, 11) is 5.65. The molecule has 0 bridgehead atoms. The second-order valence-corrected chi connectivity index (χ2v) is 6.88. The van der Waals surface area contributed by atoms with Crippen LogP contribution in [0.15, 0.2) is 29.3 Å². The minimum Gasteiger partial charge on any atom is -0.496 e. The van der Waals surface area contributed by atoms with Gasteiger partial charge in [0.05, 0.1) is 7.11 Å². The molecule has 1 aliphatic rings. The van der Waals surface area contributed by atoms with Gasteiger partial charge in [-0.2, -0.15) is 0 Å². The van der Waals surface area contributed by atoms with E-state index in [1.54, 1.807) is 7.11 Å². The Kier molecular flexibility index (Phi) is 11.0. The van der Waals surface area contributed by atoms with Gasteiger partial charge < -0.3 is 19.9 Å². The van der Waals surface area contributed by atoms with E-state index in [9.17, 15) is 0 Å². The zero-order chi connectivity index (χ0) is 18.1. The Balaban J connectivity index is 0.00000338. The number of halogens is 1. The van der Waals surface area contributed by atoms with Gasteiger partial charge in [0.25, 0.3) is 0 Å². The standard InChI is InChI=1S/C20H34N4O.HI/c1-5-12-24-13-10-17(11-14-24)15-22-20(21-2)23(3)16-18-8-6-7-9-19(18)25-4;/h6-9,17H,5,10-16H2,1-4H3,(H,21,22);1H. The number of nitrogens with zero attached hydrogens (tertiary/aromatic N) is 3. The lowest BCUT2D eigenvalue weighted by Crippen LogP contribution is -2.43. The molecule has 26 heavy (non-hydrogen) atoms. The second-order valence-electron chi connectivity index (χ2n) is 6.88. The van der Waals surface area contributed by atoms with E-state index in [2.05, 4.69) is 40.1 Å². The Hall–Kier alpha value is -1.02. The van der Waals surface area contributed by atoms with Gasteiger partial charge in [-0.15, -0.1) is 24.0 Å². The average Bonchev–Trinajstić information content (AvgIpc) is 2.64. The van der Waals surface area contributed by atoms with Crippen LogP contribution < -0.4 is 10.1 Å². The van der Waals surface area contributed by atoms with Crippen molar-refractivity contribution in [2.75, 3.05) is 47.4 Å². The Morgan fingerprint density at radius 2 is 2.00 bits per heavy atom. The number of hydrogen-bond donors (Lipinski definition) is 1. The molecule has 0 atom stereocenters. The van der Waals surface area contributed by atoms with E-state index in [4.69, 9.17) is 4.74 Å². The van der Waals surface area contributed by atoms with Gasteiger partial charge in [0.2, 0.25) is 0 Å². The lowest BCUT2D eigenvalue weighted by molar-refractivity contribution is 0.185. The number of ether oxygens (including phenoxy) is 1. The molecule has 0 aliphatic carbocycles. The number of guanidine groups is 1. The van der Waals surface area contributed by atoms with Gasteiger partial charge in [-0.05, 0) is 50.9 Å². The lowest BCUT2D eigenvalue weighted by Gasteiger charge is -2.32. The minimum atomic E-state index is 0. The number of para-hydroxylation sites is 1. The van der Waals surface area contributed by atoms with Crippen molar-refractivity contribution < 1.29 is 4.74 Å². The summed E-state index contributed by atoms with van der Waals surface area (Å²) in [5.41, 5.74) is 1.17. The number of rotatable bonds is 7. The molecule has 148 valence electrons. The largest absolute Gasteiger partial charge is 0.496 e. The fourth-order valence-electron chi connectivity index (χ4n) is 3.51. The summed E-state index contributed by atoms with van der Waals surface area (Å²) in [4.78, 5) is 9.19. The van der Waals surface area contributed by atoms with Crippen LogP contribution in [0.2, 0.25) is 0 Å². The molecule has 1 aromatic carbocycles. The molecule has 1 fully saturated rings. The third-order valence-corrected chi connectivity index (χ3v) is 4.97. The van der Waals surface area contributed by atoms with E-state index in [0.717, 1.165) is 30.7 Å². The molecule has 1 aromatic rings. The topological polar surface area (TPSA) is 40.1 Å². The summed E-state index contributed by atoms with van der Waals surface area (Å²) >= 11 is 0. The number of likely N-dealkylation sites (tertiary alicyclic amines) is 1. The summed E-state index contributed by atoms with van der Waals surface area (Å²) in [6.07, 6.45) is 3.81. The van der Waals surface area contributed by atoms with Crippen molar-refractivity contribution >= 4 is 29.9 Å². The number of aliphatic imine (C=N–C) groups is 1. The number of benzene rings is 1. The quantitative estimate of drug-likeness (QED) is 0.374. The van der Waals surface area contributed by atoms with Crippen molar-refractivity contribution in [1.82, 2.24) is 15.1 Å². The maximum atomic E-state index is 5.45. The van der Waals surface area contributed by atoms with Crippen LogP contribution in [-0.4, -0.2) is 63.1 Å². The third-order valence-electron chi connectivity index (χ3n) is 4.97. The van der Waals surface area contributed by atoms with E-state index in [-0.39, 0.29) is 24.0 Å². The van der Waals surface area contributed by atoms with Crippen LogP contribution in [0.4, 0.5) is 0 Å². The Bertz CT molecular complexity index is 544. The molecule has 2 rings (SSSR count). The highest BCUT2D eigenvalue weighted by Gasteiger charge is 2.19. The minimum absolute atomic E-state index is 0. The fraction of sp³-hybridized carbons (Fsp3) is 0.650. The maximum Gasteiger partial charge on any atom is 0.193 e. The first kappa shape index (κ1) is 23.0. The van der Waals surface area contributed by atoms with Crippen molar-refractivity contribution in [1.29, 1.82) is 0 Å². The zero-order valence-corrected chi connectivity index (χ0v) is 19.0. The molecule has 0 amide bonds. The van der Waals surface area contributed by atoms with E-state index in [0.29, 0.717) is 0 Å². The third kappa shape index (κ3) is 6.95. The van der Waals surface area contributed by atoms with Gasteiger partial charge >= 0.3 is 0 Å². The van der Waals surface area contributed by atoms with E-state index >= 15 is 0 Å². The van der Waals surface area contributed by atoms with Gasteiger partial charge in [-0.3, -0.25) is 4.99 Å². The van der Waals surface area contributed by atoms with E-state index < -0.39 is 0 Å². The molecular weight excluding hydrogens is 439 g/mol. The Morgan fingerprint density at radius 3 is 2.62 bits per heavy atom. The van der Waals surface area contributed by atoms with Crippen LogP contribution in [-0.2, 0) is 6.54 Å². The highest BCUT2D eigenvalue weighted by Crippen LogP contribution is 2.19. The molecule has 0 saturated carbocycles. The van der Waals surface area contributed by atoms with Crippen LogP contribution in [0, 0.1) is 5.92 Å². The molecule has 0 aromatic heterocycles. The SMILES string of the molecule is CCCN1CCC(CNC(=NC)N(C)Cc2ccccc2OC)CC1.I. The van der Waals surface area contributed by atoms with Gasteiger partial charge in [-0.1, -0.05) is 25.1 Å².